The van der Waals surface area contributed by atoms with Crippen LogP contribution in [0.4, 0.5) is 4.39 Å². The maximum absolute atomic E-state index is 13.5. The molecule has 12 heteroatoms. The highest BCUT2D eigenvalue weighted by atomic mass is 32.2. The number of sulfone groups is 1. The zero-order chi connectivity index (χ0) is 23.1. The predicted molar refractivity (Wildman–Crippen MR) is 119 cm³/mol. The van der Waals surface area contributed by atoms with Crippen molar-refractivity contribution in [2.45, 2.75) is 23.4 Å². The summed E-state index contributed by atoms with van der Waals surface area (Å²) in [5, 5.41) is 0. The first-order valence-electron chi connectivity index (χ1n) is 9.96. The first-order chi connectivity index (χ1) is 15.1. The van der Waals surface area contributed by atoms with Crippen molar-refractivity contribution in [3.05, 3.63) is 53.1 Å². The topological polar surface area (TPSA) is 92.8 Å². The van der Waals surface area contributed by atoms with Gasteiger partial charge in [0.1, 0.15) is 5.82 Å². The fourth-order valence-corrected chi connectivity index (χ4v) is 6.22. The summed E-state index contributed by atoms with van der Waals surface area (Å²) >= 11 is 5.32. The number of hydrogen-bond acceptors (Lipinski definition) is 7. The largest absolute Gasteiger partial charge is 0.429 e. The molecule has 0 bridgehead atoms. The molecule has 2 aromatic carbocycles. The van der Waals surface area contributed by atoms with E-state index in [9.17, 15) is 21.2 Å². The molecule has 1 aliphatic rings. The van der Waals surface area contributed by atoms with Crippen LogP contribution in [-0.4, -0.2) is 62.5 Å². The lowest BCUT2D eigenvalue weighted by Crippen LogP contribution is -2.48. The number of nitrogens with zero attached hydrogens (tertiary/aromatic N) is 3. The summed E-state index contributed by atoms with van der Waals surface area (Å²) in [5.74, 6) is -0.617. The van der Waals surface area contributed by atoms with Crippen LogP contribution >= 0.6 is 12.2 Å². The van der Waals surface area contributed by atoms with Crippen LogP contribution in [0.5, 0.6) is 0 Å². The lowest BCUT2D eigenvalue weighted by Gasteiger charge is -2.34. The molecule has 2 heterocycles. The minimum Gasteiger partial charge on any atom is -0.429 e. The van der Waals surface area contributed by atoms with E-state index in [2.05, 4.69) is 0 Å². The highest BCUT2D eigenvalue weighted by molar-refractivity contribution is 7.91. The smallest absolute Gasteiger partial charge is 0.270 e. The molecule has 0 unspecified atom stereocenters. The van der Waals surface area contributed by atoms with Crippen LogP contribution in [0, 0.1) is 10.7 Å². The van der Waals surface area contributed by atoms with Crippen molar-refractivity contribution in [3.8, 4) is 0 Å². The molecule has 1 aliphatic heterocycles. The molecule has 0 spiro atoms. The molecule has 4 rings (SSSR count). The molecule has 1 aromatic heterocycles. The Balaban J connectivity index is 1.53. The van der Waals surface area contributed by atoms with Gasteiger partial charge in [-0.25, -0.2) is 21.2 Å². The maximum Gasteiger partial charge on any atom is 0.270 e. The van der Waals surface area contributed by atoms with Gasteiger partial charge >= 0.3 is 0 Å². The van der Waals surface area contributed by atoms with Gasteiger partial charge in [0.25, 0.3) is 4.84 Å². The van der Waals surface area contributed by atoms with Gasteiger partial charge in [-0.15, -0.1) is 0 Å². The quantitative estimate of drug-likeness (QED) is 0.482. The molecule has 3 aromatic rings. The van der Waals surface area contributed by atoms with Crippen LogP contribution in [0.2, 0.25) is 0 Å². The van der Waals surface area contributed by atoms with Gasteiger partial charge in [-0.3, -0.25) is 9.47 Å². The van der Waals surface area contributed by atoms with Crippen molar-refractivity contribution in [1.82, 2.24) is 13.8 Å². The van der Waals surface area contributed by atoms with Crippen LogP contribution < -0.4 is 0 Å². The SMILES string of the molecule is CCS(=O)(=O)c1ccc2oc(=S)n(CN3CCN(S(=O)(=O)c4cccc(F)c4)CC3)c2c1. The normalized spacial score (nSPS) is 16.6. The zero-order valence-corrected chi connectivity index (χ0v) is 19.7. The molecular formula is C20H22FN3O5S3. The molecule has 0 atom stereocenters. The van der Waals surface area contributed by atoms with E-state index in [0.29, 0.717) is 30.9 Å². The van der Waals surface area contributed by atoms with Crippen LogP contribution in [0.3, 0.4) is 0 Å². The van der Waals surface area contributed by atoms with E-state index in [4.69, 9.17) is 16.6 Å². The Hall–Kier alpha value is -2.12. The standard InChI is InChI=1S/C20H22FN3O5S3/c1-2-31(25,26)16-6-7-19-18(13-16)24(20(30)29-19)14-22-8-10-23(11-9-22)32(27,28)17-5-3-4-15(21)12-17/h3-7,12-13H,2,8-11,14H2,1H3. The Kier molecular flexibility index (Phi) is 6.25. The Morgan fingerprint density at radius 3 is 2.38 bits per heavy atom. The Morgan fingerprint density at radius 2 is 1.72 bits per heavy atom. The molecule has 0 amide bonds. The van der Waals surface area contributed by atoms with Crippen molar-refractivity contribution < 1.29 is 25.6 Å². The number of halogens is 1. The van der Waals surface area contributed by atoms with Crippen LogP contribution in [0.15, 0.2) is 56.7 Å². The fraction of sp³-hybridized carbons (Fsp3) is 0.350. The van der Waals surface area contributed by atoms with Gasteiger partial charge in [0.2, 0.25) is 10.0 Å². The third-order valence-corrected chi connectivity index (χ3v) is 9.42. The van der Waals surface area contributed by atoms with Gasteiger partial charge in [-0.1, -0.05) is 13.0 Å². The van der Waals surface area contributed by atoms with E-state index in [0.717, 1.165) is 6.07 Å². The Bertz CT molecular complexity index is 1420. The van der Waals surface area contributed by atoms with E-state index >= 15 is 0 Å². The van der Waals surface area contributed by atoms with Crippen molar-refractivity contribution in [3.63, 3.8) is 0 Å². The first kappa shape index (κ1) is 23.1. The van der Waals surface area contributed by atoms with Gasteiger partial charge in [-0.2, -0.15) is 4.31 Å². The average molecular weight is 500 g/mol. The number of hydrogen-bond donors (Lipinski definition) is 0. The van der Waals surface area contributed by atoms with Gasteiger partial charge in [0, 0.05) is 26.2 Å². The molecule has 0 saturated carbocycles. The van der Waals surface area contributed by atoms with Crippen LogP contribution in [0.25, 0.3) is 11.1 Å². The number of oxazole rings is 1. The van der Waals surface area contributed by atoms with Gasteiger partial charge in [-0.05, 0) is 48.6 Å². The summed E-state index contributed by atoms with van der Waals surface area (Å²) in [4.78, 5) is 2.34. The zero-order valence-electron chi connectivity index (χ0n) is 17.3. The summed E-state index contributed by atoms with van der Waals surface area (Å²) in [6.45, 7) is 3.23. The molecule has 1 saturated heterocycles. The molecular weight excluding hydrogens is 477 g/mol. The third-order valence-electron chi connectivity index (χ3n) is 5.48. The fourth-order valence-electron chi connectivity index (χ4n) is 3.62. The highest BCUT2D eigenvalue weighted by Crippen LogP contribution is 2.24. The number of benzene rings is 2. The molecule has 32 heavy (non-hydrogen) atoms. The molecule has 0 aliphatic carbocycles. The summed E-state index contributed by atoms with van der Waals surface area (Å²) < 4.78 is 72.2. The van der Waals surface area contributed by atoms with Gasteiger partial charge in [0.05, 0.1) is 27.7 Å². The number of sulfonamides is 1. The Labute approximate surface area is 190 Å². The van der Waals surface area contributed by atoms with E-state index in [1.807, 2.05) is 4.90 Å². The molecule has 0 N–H and O–H groups in total. The molecule has 1 fully saturated rings. The summed E-state index contributed by atoms with van der Waals surface area (Å²) in [6, 6.07) is 9.61. The number of fused-ring (bicyclic) bond motifs is 1. The molecule has 0 radical (unpaired) electrons. The van der Waals surface area contributed by atoms with E-state index in [1.54, 1.807) is 23.6 Å². The second-order valence-corrected chi connectivity index (χ2v) is 12.0. The van der Waals surface area contributed by atoms with Crippen molar-refractivity contribution in [2.24, 2.45) is 0 Å². The summed E-state index contributed by atoms with van der Waals surface area (Å²) in [5.41, 5.74) is 1.05. The maximum atomic E-state index is 13.5. The van der Waals surface area contributed by atoms with Crippen LogP contribution in [0.1, 0.15) is 6.92 Å². The second kappa shape index (κ2) is 8.67. The van der Waals surface area contributed by atoms with Gasteiger partial charge < -0.3 is 4.42 Å². The lowest BCUT2D eigenvalue weighted by molar-refractivity contribution is 0.151. The highest BCUT2D eigenvalue weighted by Gasteiger charge is 2.29. The summed E-state index contributed by atoms with van der Waals surface area (Å²) in [6.07, 6.45) is 0. The minimum atomic E-state index is -3.78. The molecule has 172 valence electrons. The first-order valence-corrected chi connectivity index (χ1v) is 13.5. The number of rotatable bonds is 6. The van der Waals surface area contributed by atoms with Crippen molar-refractivity contribution in [1.29, 1.82) is 0 Å². The second-order valence-electron chi connectivity index (χ2n) is 7.45. The minimum absolute atomic E-state index is 0.0150. The summed E-state index contributed by atoms with van der Waals surface area (Å²) in [7, 11) is -7.17. The monoisotopic (exact) mass is 499 g/mol. The van der Waals surface area contributed by atoms with Crippen molar-refractivity contribution in [2.75, 3.05) is 31.9 Å². The number of piperazine rings is 1. The average Bonchev–Trinajstić information content (AvgIpc) is 3.08. The lowest BCUT2D eigenvalue weighted by atomic mass is 10.3. The Morgan fingerprint density at radius 1 is 1.00 bits per heavy atom. The van der Waals surface area contributed by atoms with E-state index in [1.165, 1.54) is 28.6 Å². The number of aromatic nitrogens is 1. The third kappa shape index (κ3) is 4.37. The van der Waals surface area contributed by atoms with E-state index in [-0.39, 0.29) is 33.5 Å². The van der Waals surface area contributed by atoms with Gasteiger partial charge in [0.15, 0.2) is 15.4 Å². The molecule has 8 nitrogen and oxygen atoms in total. The van der Waals surface area contributed by atoms with E-state index < -0.39 is 25.7 Å². The van der Waals surface area contributed by atoms with Crippen LogP contribution in [-0.2, 0) is 26.5 Å². The van der Waals surface area contributed by atoms with Crippen molar-refractivity contribution >= 4 is 43.2 Å². The predicted octanol–water partition coefficient (Wildman–Crippen LogP) is 2.86.